The second-order valence-electron chi connectivity index (χ2n) is 5.79. The Kier molecular flexibility index (Phi) is 3.92. The van der Waals surface area contributed by atoms with Gasteiger partial charge in [0.25, 0.3) is 0 Å². The fraction of sp³-hybridized carbons (Fsp3) is 0.500. The molecule has 1 aromatic rings. The maximum absolute atomic E-state index is 12.3. The summed E-state index contributed by atoms with van der Waals surface area (Å²) in [5.74, 6) is -0.0265. The third-order valence-electron chi connectivity index (χ3n) is 4.31. The molecule has 1 aromatic carbocycles. The quantitative estimate of drug-likeness (QED) is 0.892. The normalized spacial score (nSPS) is 23.6. The van der Waals surface area contributed by atoms with Crippen molar-refractivity contribution in [1.29, 1.82) is 0 Å². The maximum Gasteiger partial charge on any atom is 0.247 e. The van der Waals surface area contributed by atoms with Crippen molar-refractivity contribution in [2.45, 2.75) is 25.3 Å². The summed E-state index contributed by atoms with van der Waals surface area (Å²) in [7, 11) is 1.67. The van der Waals surface area contributed by atoms with Gasteiger partial charge in [0, 0.05) is 18.8 Å². The van der Waals surface area contributed by atoms with Crippen LogP contribution in [0.4, 0.5) is 5.69 Å². The summed E-state index contributed by atoms with van der Waals surface area (Å²) >= 11 is 0. The molecule has 0 bridgehead atoms. The Bertz CT molecular complexity index is 552. The lowest BCUT2D eigenvalue weighted by molar-refractivity contribution is -0.136. The topological polar surface area (TPSA) is 52.7 Å². The number of para-hydroxylation sites is 1. The highest BCUT2D eigenvalue weighted by molar-refractivity contribution is 6.04. The number of likely N-dealkylation sites (N-methyl/N-ethyl adjacent to an activating group) is 1. The average Bonchev–Trinajstić information content (AvgIpc) is 2.52. The molecule has 1 unspecified atom stereocenters. The molecule has 0 aromatic heterocycles. The van der Waals surface area contributed by atoms with E-state index >= 15 is 0 Å². The zero-order valence-electron chi connectivity index (χ0n) is 12.3. The Hall–Kier alpha value is -1.88. The van der Waals surface area contributed by atoms with Gasteiger partial charge in [0.05, 0.1) is 6.54 Å². The number of carbonyl (C=O) groups is 2. The molecule has 5 nitrogen and oxygen atoms in total. The minimum Gasteiger partial charge on any atom is -0.335 e. The third-order valence-corrected chi connectivity index (χ3v) is 4.31. The van der Waals surface area contributed by atoms with E-state index in [2.05, 4.69) is 11.4 Å². The van der Waals surface area contributed by atoms with E-state index < -0.39 is 0 Å². The molecular weight excluding hydrogens is 266 g/mol. The Balaban J connectivity index is 1.91. The number of carbonyl (C=O) groups excluding carboxylic acids is 2. The van der Waals surface area contributed by atoms with Gasteiger partial charge >= 0.3 is 0 Å². The van der Waals surface area contributed by atoms with Crippen LogP contribution in [0.1, 0.15) is 30.9 Å². The Morgan fingerprint density at radius 3 is 2.67 bits per heavy atom. The monoisotopic (exact) mass is 287 g/mol. The molecule has 1 atom stereocenters. The minimum atomic E-state index is -0.0136. The lowest BCUT2D eigenvalue weighted by Gasteiger charge is -2.34. The van der Waals surface area contributed by atoms with Crippen LogP contribution in [0.3, 0.4) is 0 Å². The summed E-state index contributed by atoms with van der Waals surface area (Å²) < 4.78 is 0. The van der Waals surface area contributed by atoms with Gasteiger partial charge in [-0.15, -0.1) is 0 Å². The highest BCUT2D eigenvalue weighted by Gasteiger charge is 2.31. The Morgan fingerprint density at radius 1 is 1.10 bits per heavy atom. The summed E-state index contributed by atoms with van der Waals surface area (Å²) in [5.41, 5.74) is 2.01. The number of nitrogens with one attached hydrogen (secondary N) is 1. The van der Waals surface area contributed by atoms with Crippen LogP contribution < -0.4 is 10.2 Å². The summed E-state index contributed by atoms with van der Waals surface area (Å²) in [4.78, 5) is 27.3. The van der Waals surface area contributed by atoms with E-state index in [1.807, 2.05) is 18.2 Å². The largest absolute Gasteiger partial charge is 0.335 e. The van der Waals surface area contributed by atoms with Gasteiger partial charge in [0.2, 0.25) is 11.8 Å². The van der Waals surface area contributed by atoms with Crippen molar-refractivity contribution in [3.63, 3.8) is 0 Å². The van der Waals surface area contributed by atoms with Gasteiger partial charge in [0.1, 0.15) is 6.54 Å². The minimum absolute atomic E-state index is 0.0130. The highest BCUT2D eigenvalue weighted by Crippen LogP contribution is 2.32. The number of piperazine rings is 1. The van der Waals surface area contributed by atoms with Gasteiger partial charge < -0.3 is 15.1 Å². The third kappa shape index (κ3) is 2.78. The van der Waals surface area contributed by atoms with Crippen molar-refractivity contribution in [3.05, 3.63) is 29.8 Å². The standard InChI is InChI=1S/C16H21N3O2/c1-18-10-16(21)19(11-15(18)20)14-8-3-2-6-12(14)13-7-4-5-9-17-13/h2-3,6,8,13,17H,4-5,7,9-11H2,1H3. The first kappa shape index (κ1) is 14.1. The van der Waals surface area contributed by atoms with Crippen molar-refractivity contribution < 1.29 is 9.59 Å². The summed E-state index contributed by atoms with van der Waals surface area (Å²) in [5, 5.41) is 3.52. The van der Waals surface area contributed by atoms with Crippen LogP contribution >= 0.6 is 0 Å². The fourth-order valence-corrected chi connectivity index (χ4v) is 3.09. The molecule has 1 N–H and O–H groups in total. The maximum atomic E-state index is 12.3. The number of amides is 2. The molecule has 2 aliphatic heterocycles. The van der Waals surface area contributed by atoms with Crippen LogP contribution in [0, 0.1) is 0 Å². The number of hydrogen-bond acceptors (Lipinski definition) is 3. The Labute approximate surface area is 124 Å². The van der Waals surface area contributed by atoms with E-state index in [9.17, 15) is 9.59 Å². The van der Waals surface area contributed by atoms with Crippen molar-refractivity contribution in [1.82, 2.24) is 10.2 Å². The first-order valence-corrected chi connectivity index (χ1v) is 7.53. The Morgan fingerprint density at radius 2 is 1.90 bits per heavy atom. The SMILES string of the molecule is CN1CC(=O)N(c2ccccc2C2CCCCN2)CC1=O. The smallest absolute Gasteiger partial charge is 0.247 e. The first-order chi connectivity index (χ1) is 10.2. The molecule has 2 aliphatic rings. The molecular formula is C16H21N3O2. The van der Waals surface area contributed by atoms with Gasteiger partial charge in [-0.05, 0) is 31.0 Å². The summed E-state index contributed by atoms with van der Waals surface area (Å²) in [6, 6.07) is 8.21. The number of rotatable bonds is 2. The average molecular weight is 287 g/mol. The first-order valence-electron chi connectivity index (χ1n) is 7.53. The van der Waals surface area contributed by atoms with E-state index in [0.29, 0.717) is 0 Å². The van der Waals surface area contributed by atoms with E-state index in [4.69, 9.17) is 0 Å². The van der Waals surface area contributed by atoms with E-state index in [0.717, 1.165) is 24.2 Å². The van der Waals surface area contributed by atoms with E-state index in [1.165, 1.54) is 17.7 Å². The molecule has 5 heteroatoms. The second-order valence-corrected chi connectivity index (χ2v) is 5.79. The molecule has 2 saturated heterocycles. The molecule has 0 spiro atoms. The van der Waals surface area contributed by atoms with Crippen LogP contribution in [-0.2, 0) is 9.59 Å². The molecule has 112 valence electrons. The van der Waals surface area contributed by atoms with Crippen LogP contribution in [0.5, 0.6) is 0 Å². The predicted molar refractivity (Wildman–Crippen MR) is 81.0 cm³/mol. The summed E-state index contributed by atoms with van der Waals surface area (Å²) in [6.45, 7) is 1.30. The van der Waals surface area contributed by atoms with Crippen LogP contribution in [0.25, 0.3) is 0 Å². The molecule has 0 saturated carbocycles. The number of nitrogens with zero attached hydrogens (tertiary/aromatic N) is 2. The second kappa shape index (κ2) is 5.85. The predicted octanol–water partition coefficient (Wildman–Crippen LogP) is 1.31. The molecule has 2 amide bonds. The van der Waals surface area contributed by atoms with E-state index in [-0.39, 0.29) is 30.9 Å². The molecule has 3 rings (SSSR count). The van der Waals surface area contributed by atoms with Gasteiger partial charge in [-0.3, -0.25) is 9.59 Å². The van der Waals surface area contributed by atoms with Crippen LogP contribution in [-0.4, -0.2) is 43.4 Å². The van der Waals surface area contributed by atoms with Gasteiger partial charge in [0.15, 0.2) is 0 Å². The van der Waals surface area contributed by atoms with Gasteiger partial charge in [-0.1, -0.05) is 24.6 Å². The van der Waals surface area contributed by atoms with Crippen LogP contribution in [0.15, 0.2) is 24.3 Å². The molecule has 2 fully saturated rings. The zero-order valence-corrected chi connectivity index (χ0v) is 12.3. The highest BCUT2D eigenvalue weighted by atomic mass is 16.2. The lowest BCUT2D eigenvalue weighted by atomic mass is 9.95. The van der Waals surface area contributed by atoms with Crippen molar-refractivity contribution in [3.8, 4) is 0 Å². The zero-order chi connectivity index (χ0) is 14.8. The number of piperidine rings is 1. The molecule has 0 aliphatic carbocycles. The molecule has 2 heterocycles. The number of anilines is 1. The van der Waals surface area contributed by atoms with Gasteiger partial charge in [-0.25, -0.2) is 0 Å². The van der Waals surface area contributed by atoms with Crippen molar-refractivity contribution in [2.24, 2.45) is 0 Å². The lowest BCUT2D eigenvalue weighted by Crippen LogP contribution is -2.52. The summed E-state index contributed by atoms with van der Waals surface area (Å²) in [6.07, 6.45) is 3.47. The number of benzene rings is 1. The molecule has 21 heavy (non-hydrogen) atoms. The molecule has 0 radical (unpaired) electrons. The van der Waals surface area contributed by atoms with Gasteiger partial charge in [-0.2, -0.15) is 0 Å². The van der Waals surface area contributed by atoms with Crippen molar-refractivity contribution >= 4 is 17.5 Å². The van der Waals surface area contributed by atoms with E-state index in [1.54, 1.807) is 11.9 Å². The number of hydrogen-bond donors (Lipinski definition) is 1. The van der Waals surface area contributed by atoms with Crippen molar-refractivity contribution in [2.75, 3.05) is 31.6 Å². The van der Waals surface area contributed by atoms with Crippen LogP contribution in [0.2, 0.25) is 0 Å². The fourth-order valence-electron chi connectivity index (χ4n) is 3.09.